The smallest absolute Gasteiger partial charge is 0.396 e. The number of aliphatic hydroxyl groups excluding tert-OH is 1. The average molecular weight is 494 g/mol. The molecule has 3 aromatic rings. The van der Waals surface area contributed by atoms with Crippen molar-refractivity contribution in [3.8, 4) is 0 Å². The van der Waals surface area contributed by atoms with Gasteiger partial charge in [0.2, 0.25) is 5.62 Å². The molecule has 1 fully saturated rings. The summed E-state index contributed by atoms with van der Waals surface area (Å²) in [5.41, 5.74) is -2.29. The van der Waals surface area contributed by atoms with Gasteiger partial charge in [0.15, 0.2) is 0 Å². The summed E-state index contributed by atoms with van der Waals surface area (Å²) in [5, 5.41) is 9.28. The Kier molecular flexibility index (Phi) is 7.10. The number of hydrogen-bond acceptors (Lipinski definition) is 5. The van der Waals surface area contributed by atoms with Gasteiger partial charge in [-0.3, -0.25) is 9.59 Å². The van der Waals surface area contributed by atoms with E-state index < -0.39 is 11.4 Å². The lowest BCUT2D eigenvalue weighted by molar-refractivity contribution is -0.125. The molecule has 12 heteroatoms. The zero-order valence-electron chi connectivity index (χ0n) is 17.8. The van der Waals surface area contributed by atoms with E-state index in [9.17, 15) is 27.9 Å². The molecule has 0 radical (unpaired) electrons. The van der Waals surface area contributed by atoms with Crippen molar-refractivity contribution >= 4 is 40.3 Å². The van der Waals surface area contributed by atoms with E-state index in [1.54, 1.807) is 27.7 Å². The van der Waals surface area contributed by atoms with Crippen LogP contribution in [0.5, 0.6) is 0 Å². The topological polar surface area (TPSA) is 99.9 Å². The molecular weight excluding hydrogens is 473 g/mol. The van der Waals surface area contributed by atoms with Gasteiger partial charge in [-0.1, -0.05) is 6.07 Å². The minimum absolute atomic E-state index is 0.0000365. The number of fused-ring (bicyclic) bond motifs is 1. The van der Waals surface area contributed by atoms with Crippen LogP contribution < -0.4 is 10.5 Å². The molecular formula is C22H21F3N4O4S. The SMILES string of the molecule is O=C(/N=c1\[nH]c2cc(N3CCOCC3=O)ccc2n1CCCO)c1cccc(SC(F)(F)F)c1. The molecule has 0 atom stereocenters. The average Bonchev–Trinajstić information content (AvgIpc) is 3.13. The monoisotopic (exact) mass is 494 g/mol. The number of H-pyrrole nitrogens is 1. The summed E-state index contributed by atoms with van der Waals surface area (Å²) in [5.74, 6) is -0.875. The van der Waals surface area contributed by atoms with Crippen molar-refractivity contribution in [1.29, 1.82) is 0 Å². The van der Waals surface area contributed by atoms with Crippen LogP contribution in [0.3, 0.4) is 0 Å². The van der Waals surface area contributed by atoms with Gasteiger partial charge >= 0.3 is 5.51 Å². The fraction of sp³-hybridized carbons (Fsp3) is 0.318. The second-order valence-corrected chi connectivity index (χ2v) is 8.61. The lowest BCUT2D eigenvalue weighted by Gasteiger charge is -2.26. The fourth-order valence-electron chi connectivity index (χ4n) is 3.65. The molecule has 0 saturated carbocycles. The first-order valence-electron chi connectivity index (χ1n) is 10.4. The van der Waals surface area contributed by atoms with E-state index in [1.807, 2.05) is 0 Å². The number of halogens is 3. The number of aryl methyl sites for hydroxylation is 1. The maximum atomic E-state index is 12.8. The molecule has 2 heterocycles. The van der Waals surface area contributed by atoms with Crippen LogP contribution in [0.2, 0.25) is 0 Å². The number of anilines is 1. The lowest BCUT2D eigenvalue weighted by atomic mass is 10.2. The summed E-state index contributed by atoms with van der Waals surface area (Å²) in [6.07, 6.45) is 0.399. The summed E-state index contributed by atoms with van der Waals surface area (Å²) in [7, 11) is 0. The largest absolute Gasteiger partial charge is 0.446 e. The number of nitrogens with one attached hydrogen (secondary N) is 1. The number of ether oxygens (including phenoxy) is 1. The van der Waals surface area contributed by atoms with Crippen molar-refractivity contribution in [3.05, 3.63) is 53.6 Å². The lowest BCUT2D eigenvalue weighted by Crippen LogP contribution is -2.41. The Balaban J connectivity index is 1.72. The third-order valence-corrected chi connectivity index (χ3v) is 5.85. The highest BCUT2D eigenvalue weighted by Gasteiger charge is 2.29. The second-order valence-electron chi connectivity index (χ2n) is 7.47. The van der Waals surface area contributed by atoms with Gasteiger partial charge in [-0.25, -0.2) is 0 Å². The number of thioether (sulfide) groups is 1. The molecule has 180 valence electrons. The Hall–Kier alpha value is -3.09. The van der Waals surface area contributed by atoms with E-state index in [0.29, 0.717) is 42.8 Å². The molecule has 0 bridgehead atoms. The maximum absolute atomic E-state index is 12.8. The second kappa shape index (κ2) is 10.0. The number of nitrogens with zero attached hydrogens (tertiary/aromatic N) is 3. The van der Waals surface area contributed by atoms with Crippen LogP contribution in [-0.2, 0) is 16.1 Å². The number of hydrogen-bond donors (Lipinski definition) is 2. The first kappa shape index (κ1) is 24.0. The molecule has 2 aromatic carbocycles. The number of morpholine rings is 1. The molecule has 1 aromatic heterocycles. The van der Waals surface area contributed by atoms with Crippen molar-refractivity contribution in [1.82, 2.24) is 9.55 Å². The normalized spacial score (nSPS) is 15.4. The van der Waals surface area contributed by atoms with E-state index in [2.05, 4.69) is 9.98 Å². The number of aromatic nitrogens is 2. The van der Waals surface area contributed by atoms with Gasteiger partial charge in [0, 0.05) is 35.8 Å². The molecule has 0 spiro atoms. The number of aromatic amines is 1. The summed E-state index contributed by atoms with van der Waals surface area (Å²) in [6, 6.07) is 10.5. The van der Waals surface area contributed by atoms with Crippen LogP contribution in [0.1, 0.15) is 16.8 Å². The van der Waals surface area contributed by atoms with E-state index in [0.717, 1.165) is 6.07 Å². The number of imidazole rings is 1. The highest BCUT2D eigenvalue weighted by atomic mass is 32.2. The molecule has 34 heavy (non-hydrogen) atoms. The zero-order chi connectivity index (χ0) is 24.3. The van der Waals surface area contributed by atoms with Crippen LogP contribution in [0.15, 0.2) is 52.4 Å². The number of amides is 2. The number of aliphatic hydroxyl groups is 1. The molecule has 2 amide bonds. The molecule has 1 aliphatic rings. The van der Waals surface area contributed by atoms with Gasteiger partial charge in [0.05, 0.1) is 17.6 Å². The van der Waals surface area contributed by atoms with Gasteiger partial charge in [0.25, 0.3) is 11.8 Å². The standard InChI is InChI=1S/C22H21F3N4O4S/c23-22(24,25)34-16-4-1-3-14(11-16)20(32)27-21-26-17-12-15(28-8-10-33-13-19(28)31)5-6-18(17)29(21)7-2-9-30/h1,3-6,11-12,30H,2,7-10,13H2,(H,26,27,32). The van der Waals surface area contributed by atoms with Crippen LogP contribution in [0.4, 0.5) is 18.9 Å². The van der Waals surface area contributed by atoms with Gasteiger partial charge in [0.1, 0.15) is 6.61 Å². The molecule has 2 N–H and O–H groups in total. The first-order chi connectivity index (χ1) is 16.2. The number of carbonyl (C=O) groups is 2. The summed E-state index contributed by atoms with van der Waals surface area (Å²) in [6.45, 7) is 1.11. The predicted molar refractivity (Wildman–Crippen MR) is 119 cm³/mol. The maximum Gasteiger partial charge on any atom is 0.446 e. The summed E-state index contributed by atoms with van der Waals surface area (Å²) < 4.78 is 45.0. The Morgan fingerprint density at radius 2 is 2.06 bits per heavy atom. The van der Waals surface area contributed by atoms with Crippen LogP contribution >= 0.6 is 11.8 Å². The van der Waals surface area contributed by atoms with Gasteiger partial charge in [-0.2, -0.15) is 18.2 Å². The number of carbonyl (C=O) groups excluding carboxylic acids is 2. The predicted octanol–water partition coefficient (Wildman–Crippen LogP) is 3.07. The third-order valence-electron chi connectivity index (χ3n) is 5.13. The number of rotatable bonds is 6. The van der Waals surface area contributed by atoms with Gasteiger partial charge in [-0.05, 0) is 54.6 Å². The molecule has 1 aliphatic heterocycles. The first-order valence-corrected chi connectivity index (χ1v) is 11.2. The molecule has 0 aliphatic carbocycles. The van der Waals surface area contributed by atoms with Crippen molar-refractivity contribution in [2.24, 2.45) is 4.99 Å². The highest BCUT2D eigenvalue weighted by Crippen LogP contribution is 2.37. The van der Waals surface area contributed by atoms with Crippen LogP contribution in [0.25, 0.3) is 11.0 Å². The van der Waals surface area contributed by atoms with Crippen molar-refractivity contribution in [2.45, 2.75) is 23.4 Å². The quantitative estimate of drug-likeness (QED) is 0.513. The molecule has 4 rings (SSSR count). The van der Waals surface area contributed by atoms with Gasteiger partial charge in [-0.15, -0.1) is 0 Å². The van der Waals surface area contributed by atoms with E-state index in [4.69, 9.17) is 4.74 Å². The summed E-state index contributed by atoms with van der Waals surface area (Å²) in [4.78, 5) is 33.6. The van der Waals surface area contributed by atoms with E-state index in [-0.39, 0.29) is 47.0 Å². The summed E-state index contributed by atoms with van der Waals surface area (Å²) >= 11 is -0.304. The number of benzene rings is 2. The number of alkyl halides is 3. The van der Waals surface area contributed by atoms with Crippen molar-refractivity contribution in [2.75, 3.05) is 31.3 Å². The molecule has 0 unspecified atom stereocenters. The van der Waals surface area contributed by atoms with Crippen LogP contribution in [0, 0.1) is 0 Å². The molecule has 1 saturated heterocycles. The van der Waals surface area contributed by atoms with Crippen molar-refractivity contribution in [3.63, 3.8) is 0 Å². The van der Waals surface area contributed by atoms with E-state index in [1.165, 1.54) is 18.2 Å². The molecule has 8 nitrogen and oxygen atoms in total. The van der Waals surface area contributed by atoms with E-state index >= 15 is 0 Å². The van der Waals surface area contributed by atoms with Crippen LogP contribution in [-0.4, -0.2) is 58.3 Å². The highest BCUT2D eigenvalue weighted by molar-refractivity contribution is 8.00. The fourth-order valence-corrected chi connectivity index (χ4v) is 4.25. The van der Waals surface area contributed by atoms with Crippen molar-refractivity contribution < 1.29 is 32.6 Å². The minimum Gasteiger partial charge on any atom is -0.396 e. The Labute approximate surface area is 196 Å². The Bertz CT molecular complexity index is 1290. The third kappa shape index (κ3) is 5.51. The Morgan fingerprint density at radius 1 is 1.24 bits per heavy atom. The Morgan fingerprint density at radius 3 is 2.79 bits per heavy atom. The minimum atomic E-state index is -4.47. The van der Waals surface area contributed by atoms with Gasteiger partial charge < -0.3 is 24.3 Å². The zero-order valence-corrected chi connectivity index (χ0v) is 18.7.